The van der Waals surface area contributed by atoms with Gasteiger partial charge in [0.25, 0.3) is 8.32 Å². The van der Waals surface area contributed by atoms with E-state index in [1.165, 1.54) is 10.4 Å². The van der Waals surface area contributed by atoms with Gasteiger partial charge in [0.2, 0.25) is 0 Å². The SMILES string of the molecule is CCCC(=O)O[C@@H]1C[C@@H](OC(=O)CCC)[C@@H]2[C@@H](C)[C@@H](O[Si](c3ccccc3)(c3ccccc3)C(C)(C)C)C[C@@H]2[C@@](C)(O)C1. The van der Waals surface area contributed by atoms with Crippen LogP contribution in [0.1, 0.15) is 93.4 Å². The van der Waals surface area contributed by atoms with E-state index in [0.717, 1.165) is 0 Å². The normalized spacial score (nSPS) is 29.4. The molecule has 2 aliphatic rings. The molecule has 0 unspecified atom stereocenters. The van der Waals surface area contributed by atoms with Crippen LogP contribution in [0.3, 0.4) is 0 Å². The maximum absolute atomic E-state index is 12.9. The van der Waals surface area contributed by atoms with Crippen LogP contribution < -0.4 is 10.4 Å². The van der Waals surface area contributed by atoms with Crippen molar-refractivity contribution >= 4 is 30.6 Å². The second kappa shape index (κ2) is 13.7. The average Bonchev–Trinajstić information content (AvgIpc) is 3.23. The first-order valence-electron chi connectivity index (χ1n) is 16.2. The Labute approximate surface area is 259 Å². The fourth-order valence-corrected chi connectivity index (χ4v) is 12.6. The highest BCUT2D eigenvalue weighted by Crippen LogP contribution is 2.53. The number of carbonyl (C=O) groups excluding carboxylic acids is 2. The van der Waals surface area contributed by atoms with Crippen molar-refractivity contribution in [1.82, 2.24) is 0 Å². The van der Waals surface area contributed by atoms with Crippen molar-refractivity contribution in [1.29, 1.82) is 0 Å². The Balaban J connectivity index is 1.75. The summed E-state index contributed by atoms with van der Waals surface area (Å²) in [5.74, 6) is -0.818. The summed E-state index contributed by atoms with van der Waals surface area (Å²) in [6.07, 6.45) is 2.25. The van der Waals surface area contributed by atoms with Gasteiger partial charge in [0.05, 0.1) is 5.60 Å². The number of carbonyl (C=O) groups is 2. The van der Waals surface area contributed by atoms with Crippen LogP contribution in [0.2, 0.25) is 5.04 Å². The van der Waals surface area contributed by atoms with Crippen molar-refractivity contribution in [3.05, 3.63) is 60.7 Å². The van der Waals surface area contributed by atoms with Crippen molar-refractivity contribution in [2.75, 3.05) is 0 Å². The molecule has 4 rings (SSSR count). The van der Waals surface area contributed by atoms with E-state index in [9.17, 15) is 14.7 Å². The molecule has 0 aliphatic heterocycles. The molecule has 0 radical (unpaired) electrons. The summed E-state index contributed by atoms with van der Waals surface area (Å²) in [5.41, 5.74) is -1.12. The van der Waals surface area contributed by atoms with Gasteiger partial charge >= 0.3 is 11.9 Å². The molecule has 236 valence electrons. The topological polar surface area (TPSA) is 82.1 Å². The maximum Gasteiger partial charge on any atom is 0.306 e. The van der Waals surface area contributed by atoms with Crippen molar-refractivity contribution in [3.63, 3.8) is 0 Å². The molecule has 2 saturated carbocycles. The number of hydrogen-bond donors (Lipinski definition) is 1. The minimum absolute atomic E-state index is 0.00245. The van der Waals surface area contributed by atoms with E-state index in [1.54, 1.807) is 0 Å². The second-order valence-corrected chi connectivity index (χ2v) is 18.3. The third-order valence-electron chi connectivity index (χ3n) is 9.74. The fourth-order valence-electron chi connectivity index (χ4n) is 7.79. The monoisotopic (exact) mass is 608 g/mol. The van der Waals surface area contributed by atoms with Gasteiger partial charge in [0, 0.05) is 37.7 Å². The highest BCUT2D eigenvalue weighted by Gasteiger charge is 2.59. The molecule has 0 bridgehead atoms. The second-order valence-electron chi connectivity index (χ2n) is 14.0. The lowest BCUT2D eigenvalue weighted by Gasteiger charge is -2.45. The fraction of sp³-hybridized carbons (Fsp3) is 0.611. The van der Waals surface area contributed by atoms with Crippen LogP contribution in [0.15, 0.2) is 60.7 Å². The zero-order valence-corrected chi connectivity index (χ0v) is 28.2. The van der Waals surface area contributed by atoms with E-state index in [1.807, 2.05) is 32.9 Å². The predicted molar refractivity (Wildman–Crippen MR) is 173 cm³/mol. The van der Waals surface area contributed by atoms with Crippen molar-refractivity contribution in [3.8, 4) is 0 Å². The first kappa shape index (κ1) is 33.4. The lowest BCUT2D eigenvalue weighted by atomic mass is 9.77. The molecule has 0 spiro atoms. The van der Waals surface area contributed by atoms with Gasteiger partial charge < -0.3 is 19.0 Å². The number of hydrogen-bond acceptors (Lipinski definition) is 6. The third-order valence-corrected chi connectivity index (χ3v) is 14.8. The van der Waals surface area contributed by atoms with Gasteiger partial charge in [-0.15, -0.1) is 0 Å². The molecule has 0 aromatic heterocycles. The Hall–Kier alpha value is -2.48. The molecule has 0 saturated heterocycles. The minimum Gasteiger partial charge on any atom is -0.462 e. The summed E-state index contributed by atoms with van der Waals surface area (Å²) in [7, 11) is -2.85. The summed E-state index contributed by atoms with van der Waals surface area (Å²) in [5, 5.41) is 14.3. The largest absolute Gasteiger partial charge is 0.462 e. The summed E-state index contributed by atoms with van der Waals surface area (Å²) in [6.45, 7) is 14.8. The molecule has 0 heterocycles. The molecule has 43 heavy (non-hydrogen) atoms. The van der Waals surface area contributed by atoms with Gasteiger partial charge in [0.15, 0.2) is 0 Å². The minimum atomic E-state index is -2.85. The summed E-state index contributed by atoms with van der Waals surface area (Å²) in [6, 6.07) is 21.2. The van der Waals surface area contributed by atoms with Crippen LogP contribution in [-0.4, -0.2) is 49.3 Å². The number of benzene rings is 2. The Kier molecular flexibility index (Phi) is 10.6. The summed E-state index contributed by atoms with van der Waals surface area (Å²) >= 11 is 0. The zero-order valence-electron chi connectivity index (χ0n) is 27.2. The number of aliphatic hydroxyl groups is 1. The summed E-state index contributed by atoms with van der Waals surface area (Å²) in [4.78, 5) is 25.4. The predicted octanol–water partition coefficient (Wildman–Crippen LogP) is 6.17. The molecular formula is C36H52O6Si. The Morgan fingerprint density at radius 1 is 0.860 bits per heavy atom. The molecule has 2 aromatic rings. The zero-order chi connectivity index (χ0) is 31.4. The van der Waals surface area contributed by atoms with Crippen molar-refractivity contribution < 1.29 is 28.6 Å². The molecule has 2 aromatic carbocycles. The van der Waals surface area contributed by atoms with E-state index in [0.29, 0.717) is 44.9 Å². The van der Waals surface area contributed by atoms with Gasteiger partial charge in [-0.25, -0.2) is 0 Å². The van der Waals surface area contributed by atoms with Gasteiger partial charge in [-0.3, -0.25) is 9.59 Å². The molecule has 0 amide bonds. The smallest absolute Gasteiger partial charge is 0.306 e. The molecule has 2 fully saturated rings. The van der Waals surface area contributed by atoms with E-state index in [-0.39, 0.29) is 40.8 Å². The first-order valence-corrected chi connectivity index (χ1v) is 18.1. The van der Waals surface area contributed by atoms with Crippen molar-refractivity contribution in [2.24, 2.45) is 17.8 Å². The van der Waals surface area contributed by atoms with Gasteiger partial charge in [0.1, 0.15) is 12.2 Å². The van der Waals surface area contributed by atoms with Crippen LogP contribution in [0.25, 0.3) is 0 Å². The number of esters is 2. The standard InChI is InChI=1S/C36H52O6Si/c1-8-16-32(37)40-26-22-31(41-33(38)17-9-2)34-25(3)30(23-29(34)36(7,39)24-26)42-43(35(4,5)6,27-18-12-10-13-19-27)28-20-14-11-15-21-28/h10-15,18-21,25-26,29-31,34,39H,8-9,16-17,22-24H2,1-7H3/t25-,26+,29-,30-,31+,34+,36-/m0/s1. The van der Waals surface area contributed by atoms with Gasteiger partial charge in [-0.05, 0) is 53.4 Å². The molecular weight excluding hydrogens is 556 g/mol. The lowest BCUT2D eigenvalue weighted by molar-refractivity contribution is -0.158. The quantitative estimate of drug-likeness (QED) is 0.257. The lowest BCUT2D eigenvalue weighted by Crippen LogP contribution is -2.68. The molecule has 6 nitrogen and oxygen atoms in total. The van der Waals surface area contributed by atoms with Gasteiger partial charge in [-0.1, -0.05) is 102 Å². The van der Waals surface area contributed by atoms with Crippen LogP contribution >= 0.6 is 0 Å². The Bertz CT molecular complexity index is 1170. The average molecular weight is 609 g/mol. The highest BCUT2D eigenvalue weighted by atomic mass is 28.4. The molecule has 2 aliphatic carbocycles. The van der Waals surface area contributed by atoms with E-state index < -0.39 is 26.1 Å². The van der Waals surface area contributed by atoms with E-state index in [4.69, 9.17) is 13.9 Å². The van der Waals surface area contributed by atoms with E-state index >= 15 is 0 Å². The maximum atomic E-state index is 12.9. The first-order chi connectivity index (χ1) is 20.3. The molecule has 7 heteroatoms. The highest BCUT2D eigenvalue weighted by molar-refractivity contribution is 6.99. The molecule has 7 atom stereocenters. The van der Waals surface area contributed by atoms with E-state index in [2.05, 4.69) is 76.2 Å². The van der Waals surface area contributed by atoms with Gasteiger partial charge in [-0.2, -0.15) is 0 Å². The number of rotatable bonds is 10. The van der Waals surface area contributed by atoms with Crippen molar-refractivity contribution in [2.45, 2.75) is 122 Å². The van der Waals surface area contributed by atoms with Crippen LogP contribution in [0.5, 0.6) is 0 Å². The number of ether oxygens (including phenoxy) is 2. The third kappa shape index (κ3) is 7.10. The number of fused-ring (bicyclic) bond motifs is 1. The van der Waals surface area contributed by atoms with Crippen LogP contribution in [-0.2, 0) is 23.5 Å². The van der Waals surface area contributed by atoms with Crippen LogP contribution in [0, 0.1) is 17.8 Å². The Morgan fingerprint density at radius 2 is 1.37 bits per heavy atom. The Morgan fingerprint density at radius 3 is 1.86 bits per heavy atom. The van der Waals surface area contributed by atoms with Crippen LogP contribution in [0.4, 0.5) is 0 Å². The summed E-state index contributed by atoms with van der Waals surface area (Å²) < 4.78 is 19.7. The molecule has 1 N–H and O–H groups in total.